The molecule has 1 aromatic carbocycles. The Bertz CT molecular complexity index is 1530. The van der Waals surface area contributed by atoms with Crippen molar-refractivity contribution in [2.45, 2.75) is 40.2 Å². The lowest BCUT2D eigenvalue weighted by atomic mass is 10.0. The smallest absolute Gasteiger partial charge is 0.410 e. The number of aromatic nitrogens is 3. The van der Waals surface area contributed by atoms with E-state index in [4.69, 9.17) is 9.72 Å². The normalized spacial score (nSPS) is 14.3. The van der Waals surface area contributed by atoms with E-state index in [9.17, 15) is 9.59 Å². The first-order valence-electron chi connectivity index (χ1n) is 13.0. The zero-order valence-electron chi connectivity index (χ0n) is 23.0. The molecule has 1 aliphatic heterocycles. The molecule has 0 aliphatic carbocycles. The number of H-pyrrole nitrogens is 1. The van der Waals surface area contributed by atoms with Crippen LogP contribution in [0, 0.1) is 13.8 Å². The van der Waals surface area contributed by atoms with Crippen LogP contribution in [0.4, 0.5) is 10.6 Å². The van der Waals surface area contributed by atoms with Gasteiger partial charge in [-0.15, -0.1) is 0 Å². The number of amides is 1. The molecule has 1 N–H and O–H groups in total. The molecule has 198 valence electrons. The number of rotatable bonds is 3. The van der Waals surface area contributed by atoms with E-state index in [1.54, 1.807) is 16.5 Å². The van der Waals surface area contributed by atoms with Gasteiger partial charge in [0.1, 0.15) is 11.4 Å². The number of nitrogens with one attached hydrogen (secondary N) is 1. The average Bonchev–Trinajstić information content (AvgIpc) is 3.22. The van der Waals surface area contributed by atoms with E-state index in [2.05, 4.69) is 41.1 Å². The summed E-state index contributed by atoms with van der Waals surface area (Å²) in [6, 6.07) is 12.5. The van der Waals surface area contributed by atoms with Crippen molar-refractivity contribution in [2.75, 3.05) is 31.1 Å². The highest BCUT2D eigenvalue weighted by atomic mass is 16.6. The molecule has 0 atom stereocenters. The minimum absolute atomic E-state index is 0.0191. The number of carbonyl (C=O) groups is 1. The van der Waals surface area contributed by atoms with Crippen molar-refractivity contribution >= 4 is 22.8 Å². The van der Waals surface area contributed by atoms with E-state index in [1.807, 2.05) is 52.2 Å². The Morgan fingerprint density at radius 3 is 2.32 bits per heavy atom. The number of pyridine rings is 2. The van der Waals surface area contributed by atoms with Gasteiger partial charge in [0.25, 0.3) is 5.56 Å². The summed E-state index contributed by atoms with van der Waals surface area (Å²) < 4.78 is 7.13. The molecule has 0 unspecified atom stereocenters. The second kappa shape index (κ2) is 9.67. The minimum Gasteiger partial charge on any atom is -0.444 e. The molecule has 38 heavy (non-hydrogen) atoms. The SMILES string of the molecule is Cc1cc(-c2[nH]c3cc(-c4ccc(N5CCN(C(=O)OC(C)(C)C)CC5)nc4)ccc3c2C)cn(C)c1=O. The number of fused-ring (bicyclic) bond motifs is 1. The number of aryl methyl sites for hydroxylation is 3. The Hall–Kier alpha value is -4.07. The molecule has 3 aromatic heterocycles. The molecule has 8 heteroatoms. The van der Waals surface area contributed by atoms with Crippen LogP contribution in [-0.2, 0) is 11.8 Å². The second-order valence-electron chi connectivity index (χ2n) is 11.1. The Morgan fingerprint density at radius 1 is 0.974 bits per heavy atom. The third kappa shape index (κ3) is 5.03. The van der Waals surface area contributed by atoms with Gasteiger partial charge >= 0.3 is 6.09 Å². The van der Waals surface area contributed by atoms with E-state index >= 15 is 0 Å². The fourth-order valence-electron chi connectivity index (χ4n) is 5.01. The molecule has 0 spiro atoms. The predicted molar refractivity (Wildman–Crippen MR) is 152 cm³/mol. The number of ether oxygens (including phenoxy) is 1. The highest BCUT2D eigenvalue weighted by Gasteiger charge is 2.26. The van der Waals surface area contributed by atoms with Crippen molar-refractivity contribution in [1.29, 1.82) is 0 Å². The zero-order chi connectivity index (χ0) is 27.2. The van der Waals surface area contributed by atoms with E-state index in [0.717, 1.165) is 50.2 Å². The maximum atomic E-state index is 12.4. The number of benzene rings is 1. The topological polar surface area (TPSA) is 83.5 Å². The predicted octanol–water partition coefficient (Wildman–Crippen LogP) is 5.27. The van der Waals surface area contributed by atoms with Crippen LogP contribution in [0.1, 0.15) is 31.9 Å². The maximum absolute atomic E-state index is 12.4. The molecule has 4 heterocycles. The number of piperazine rings is 1. The van der Waals surface area contributed by atoms with Crippen LogP contribution in [0.15, 0.2) is 53.6 Å². The highest BCUT2D eigenvalue weighted by molar-refractivity contribution is 5.93. The molecule has 0 bridgehead atoms. The van der Waals surface area contributed by atoms with Gasteiger partial charge in [-0.2, -0.15) is 0 Å². The molecular formula is C30H35N5O3. The van der Waals surface area contributed by atoms with Crippen molar-refractivity contribution in [1.82, 2.24) is 19.4 Å². The molecule has 0 radical (unpaired) electrons. The van der Waals surface area contributed by atoms with Crippen molar-refractivity contribution in [3.8, 4) is 22.4 Å². The van der Waals surface area contributed by atoms with Gasteiger partial charge in [-0.3, -0.25) is 4.79 Å². The first kappa shape index (κ1) is 25.6. The van der Waals surface area contributed by atoms with Crippen LogP contribution in [0.2, 0.25) is 0 Å². The largest absolute Gasteiger partial charge is 0.444 e. The molecule has 1 fully saturated rings. The van der Waals surface area contributed by atoms with Crippen molar-refractivity contribution in [3.05, 3.63) is 70.3 Å². The van der Waals surface area contributed by atoms with Crippen LogP contribution < -0.4 is 10.5 Å². The molecule has 8 nitrogen and oxygen atoms in total. The molecule has 1 aliphatic rings. The van der Waals surface area contributed by atoms with Crippen LogP contribution in [0.5, 0.6) is 0 Å². The van der Waals surface area contributed by atoms with Crippen molar-refractivity contribution in [3.63, 3.8) is 0 Å². The van der Waals surface area contributed by atoms with Gasteiger partial charge in [0, 0.05) is 73.2 Å². The van der Waals surface area contributed by atoms with Crippen molar-refractivity contribution < 1.29 is 9.53 Å². The summed E-state index contributed by atoms with van der Waals surface area (Å²) in [7, 11) is 1.78. The van der Waals surface area contributed by atoms with Crippen LogP contribution in [-0.4, -0.2) is 57.3 Å². The van der Waals surface area contributed by atoms with Gasteiger partial charge in [0.05, 0.1) is 5.69 Å². The Balaban J connectivity index is 1.32. The van der Waals surface area contributed by atoms with E-state index in [0.29, 0.717) is 26.2 Å². The summed E-state index contributed by atoms with van der Waals surface area (Å²) in [5.74, 6) is 0.904. The third-order valence-corrected chi connectivity index (χ3v) is 7.05. The fourth-order valence-corrected chi connectivity index (χ4v) is 5.01. The zero-order valence-corrected chi connectivity index (χ0v) is 23.0. The lowest BCUT2D eigenvalue weighted by Crippen LogP contribution is -2.50. The number of anilines is 1. The quantitative estimate of drug-likeness (QED) is 0.404. The lowest BCUT2D eigenvalue weighted by Gasteiger charge is -2.36. The Kier molecular flexibility index (Phi) is 6.51. The van der Waals surface area contributed by atoms with Crippen molar-refractivity contribution in [2.24, 2.45) is 7.05 Å². The minimum atomic E-state index is -0.491. The van der Waals surface area contributed by atoms with Crippen LogP contribution >= 0.6 is 0 Å². The van der Waals surface area contributed by atoms with Gasteiger partial charge in [-0.05, 0) is 70.0 Å². The molecule has 4 aromatic rings. The van der Waals surface area contributed by atoms with Gasteiger partial charge < -0.3 is 24.1 Å². The summed E-state index contributed by atoms with van der Waals surface area (Å²) in [6.45, 7) is 12.3. The highest BCUT2D eigenvalue weighted by Crippen LogP contribution is 2.32. The Morgan fingerprint density at radius 2 is 1.68 bits per heavy atom. The Labute approximate surface area is 222 Å². The van der Waals surface area contributed by atoms with Crippen LogP contribution in [0.3, 0.4) is 0 Å². The molecular weight excluding hydrogens is 478 g/mol. The van der Waals surface area contributed by atoms with E-state index in [-0.39, 0.29) is 11.7 Å². The number of nitrogens with zero attached hydrogens (tertiary/aromatic N) is 4. The summed E-state index contributed by atoms with van der Waals surface area (Å²) in [4.78, 5) is 36.8. The number of hydrogen-bond acceptors (Lipinski definition) is 5. The first-order valence-corrected chi connectivity index (χ1v) is 13.0. The summed E-state index contributed by atoms with van der Waals surface area (Å²) in [5.41, 5.74) is 6.59. The fraction of sp³-hybridized carbons (Fsp3) is 0.367. The van der Waals surface area contributed by atoms with E-state index < -0.39 is 5.60 Å². The summed E-state index contributed by atoms with van der Waals surface area (Å²) >= 11 is 0. The second-order valence-corrected chi connectivity index (χ2v) is 11.1. The standard InChI is InChI=1S/C30H35N5O3/c1-19-15-23(18-33(6)28(19)36)27-20(2)24-9-7-21(16-25(24)32-27)22-8-10-26(31-17-22)34-11-13-35(14-12-34)29(37)38-30(3,4)5/h7-10,15-18,32H,11-14H2,1-6H3. The molecule has 5 rings (SSSR count). The number of carbonyl (C=O) groups excluding carboxylic acids is 1. The molecule has 1 saturated heterocycles. The lowest BCUT2D eigenvalue weighted by molar-refractivity contribution is 0.0240. The van der Waals surface area contributed by atoms with Crippen LogP contribution in [0.25, 0.3) is 33.3 Å². The van der Waals surface area contributed by atoms with Gasteiger partial charge in [0.2, 0.25) is 0 Å². The third-order valence-electron chi connectivity index (χ3n) is 7.05. The molecule has 0 saturated carbocycles. The number of hydrogen-bond donors (Lipinski definition) is 1. The average molecular weight is 514 g/mol. The first-order chi connectivity index (χ1) is 18.0. The summed E-state index contributed by atoms with van der Waals surface area (Å²) in [6.07, 6.45) is 3.53. The van der Waals surface area contributed by atoms with Gasteiger partial charge in [0.15, 0.2) is 0 Å². The van der Waals surface area contributed by atoms with Gasteiger partial charge in [-0.1, -0.05) is 12.1 Å². The summed E-state index contributed by atoms with van der Waals surface area (Å²) in [5, 5.41) is 1.16. The monoisotopic (exact) mass is 513 g/mol. The number of aromatic amines is 1. The maximum Gasteiger partial charge on any atom is 0.410 e. The van der Waals surface area contributed by atoms with E-state index in [1.165, 1.54) is 0 Å². The van der Waals surface area contributed by atoms with Gasteiger partial charge in [-0.25, -0.2) is 9.78 Å². The molecule has 1 amide bonds.